The van der Waals surface area contributed by atoms with Crippen molar-refractivity contribution in [1.29, 1.82) is 0 Å². The molecule has 0 saturated heterocycles. The van der Waals surface area contributed by atoms with Gasteiger partial charge in [0, 0.05) is 24.9 Å². The minimum atomic E-state index is -0.441. The molecular formula is C26H39N3O3S. The smallest absolute Gasteiger partial charge is 0.338 e. The Hall–Kier alpha value is -2.41. The van der Waals surface area contributed by atoms with Gasteiger partial charge in [-0.3, -0.25) is 4.79 Å². The van der Waals surface area contributed by atoms with E-state index in [2.05, 4.69) is 17.6 Å². The lowest BCUT2D eigenvalue weighted by molar-refractivity contribution is -0.140. The van der Waals surface area contributed by atoms with Crippen LogP contribution in [0.25, 0.3) is 0 Å². The van der Waals surface area contributed by atoms with Crippen molar-refractivity contribution in [2.75, 3.05) is 19.0 Å². The fourth-order valence-electron chi connectivity index (χ4n) is 3.76. The highest BCUT2D eigenvalue weighted by atomic mass is 32.1. The largest absolute Gasteiger partial charge is 0.462 e. The van der Waals surface area contributed by atoms with Gasteiger partial charge in [0.05, 0.1) is 18.2 Å². The summed E-state index contributed by atoms with van der Waals surface area (Å²) in [6, 6.07) is 7.13. The second-order valence-corrected chi connectivity index (χ2v) is 9.51. The molecule has 1 amide bonds. The monoisotopic (exact) mass is 473 g/mol. The van der Waals surface area contributed by atoms with E-state index in [1.807, 2.05) is 52.1 Å². The van der Waals surface area contributed by atoms with Gasteiger partial charge in [-0.05, 0) is 49.2 Å². The minimum Gasteiger partial charge on any atom is -0.462 e. The number of nitrogens with one attached hydrogen (secondary N) is 2. The van der Waals surface area contributed by atoms with Crippen LogP contribution >= 0.6 is 12.2 Å². The standard InChI is InChI=1S/C26H39N3O3S/c1-6-7-8-9-10-11-15-22(30)27-21-14-12-13-20(16-21)24-23(25(31)32-17-18(2)3)19(4)29(5)26(33)28-24/h12-14,16,18,24H,6-11,15,17H2,1-5H3,(H,27,30)(H,28,33). The summed E-state index contributed by atoms with van der Waals surface area (Å²) in [5.41, 5.74) is 2.85. The van der Waals surface area contributed by atoms with E-state index >= 15 is 0 Å². The number of unbranched alkanes of at least 4 members (excludes halogenated alkanes) is 5. The Bertz CT molecular complexity index is 866. The van der Waals surface area contributed by atoms with Crippen molar-refractivity contribution < 1.29 is 14.3 Å². The second-order valence-electron chi connectivity index (χ2n) is 9.12. The number of anilines is 1. The zero-order chi connectivity index (χ0) is 24.4. The molecule has 7 heteroatoms. The van der Waals surface area contributed by atoms with Crippen LogP contribution in [0.5, 0.6) is 0 Å². The third kappa shape index (κ3) is 8.14. The van der Waals surface area contributed by atoms with Gasteiger partial charge < -0.3 is 20.3 Å². The normalized spacial score (nSPS) is 16.1. The lowest BCUT2D eigenvalue weighted by atomic mass is 9.94. The number of carbonyl (C=O) groups is 2. The summed E-state index contributed by atoms with van der Waals surface area (Å²) >= 11 is 5.48. The number of carbonyl (C=O) groups excluding carboxylic acids is 2. The summed E-state index contributed by atoms with van der Waals surface area (Å²) in [4.78, 5) is 27.2. The molecule has 0 saturated carbocycles. The zero-order valence-electron chi connectivity index (χ0n) is 20.7. The highest BCUT2D eigenvalue weighted by molar-refractivity contribution is 7.80. The maximum Gasteiger partial charge on any atom is 0.338 e. The van der Waals surface area contributed by atoms with E-state index in [9.17, 15) is 9.59 Å². The van der Waals surface area contributed by atoms with Crippen molar-refractivity contribution in [1.82, 2.24) is 10.2 Å². The van der Waals surface area contributed by atoms with E-state index in [0.717, 1.165) is 24.1 Å². The first-order valence-corrected chi connectivity index (χ1v) is 12.5. The number of amides is 1. The van der Waals surface area contributed by atoms with Gasteiger partial charge in [0.15, 0.2) is 5.11 Å². The molecule has 1 aliphatic heterocycles. The van der Waals surface area contributed by atoms with Gasteiger partial charge in [-0.1, -0.05) is 65.0 Å². The Kier molecular flexibility index (Phi) is 10.8. The summed E-state index contributed by atoms with van der Waals surface area (Å²) in [5, 5.41) is 6.79. The van der Waals surface area contributed by atoms with Gasteiger partial charge in [-0.25, -0.2) is 4.79 Å². The molecule has 1 aromatic carbocycles. The van der Waals surface area contributed by atoms with Crippen molar-refractivity contribution in [2.45, 2.75) is 78.7 Å². The quantitative estimate of drug-likeness (QED) is 0.230. The first-order valence-electron chi connectivity index (χ1n) is 12.1. The summed E-state index contributed by atoms with van der Waals surface area (Å²) in [6.07, 6.45) is 7.39. The lowest BCUT2D eigenvalue weighted by Crippen LogP contribution is -2.46. The average molecular weight is 474 g/mol. The number of nitrogens with zero attached hydrogens (tertiary/aromatic N) is 1. The van der Waals surface area contributed by atoms with Gasteiger partial charge in [-0.2, -0.15) is 0 Å². The van der Waals surface area contributed by atoms with Gasteiger partial charge in [0.1, 0.15) is 0 Å². The summed E-state index contributed by atoms with van der Waals surface area (Å²) in [6.45, 7) is 8.43. The molecule has 0 fully saturated rings. The van der Waals surface area contributed by atoms with Crippen LogP contribution in [0.2, 0.25) is 0 Å². The SMILES string of the molecule is CCCCCCCCC(=O)Nc1cccc(C2NC(=S)N(C)C(C)=C2C(=O)OCC(C)C)c1. The van der Waals surface area contributed by atoms with Gasteiger partial charge in [-0.15, -0.1) is 0 Å². The molecule has 0 aliphatic carbocycles. The van der Waals surface area contributed by atoms with Crippen LogP contribution in [0.4, 0.5) is 5.69 Å². The molecule has 33 heavy (non-hydrogen) atoms. The van der Waals surface area contributed by atoms with Crippen molar-refractivity contribution in [3.63, 3.8) is 0 Å². The van der Waals surface area contributed by atoms with Crippen LogP contribution in [0.1, 0.15) is 84.2 Å². The molecule has 0 radical (unpaired) electrons. The molecule has 182 valence electrons. The molecule has 2 N–H and O–H groups in total. The molecule has 1 aliphatic rings. The highest BCUT2D eigenvalue weighted by Gasteiger charge is 2.33. The highest BCUT2D eigenvalue weighted by Crippen LogP contribution is 2.32. The molecule has 1 unspecified atom stereocenters. The summed E-state index contributed by atoms with van der Waals surface area (Å²) in [7, 11) is 1.83. The zero-order valence-corrected chi connectivity index (χ0v) is 21.5. The summed E-state index contributed by atoms with van der Waals surface area (Å²) < 4.78 is 5.55. The number of esters is 1. The number of rotatable bonds is 12. The maximum atomic E-state index is 13.0. The number of thiocarbonyl (C=S) groups is 1. The van der Waals surface area contributed by atoms with Gasteiger partial charge >= 0.3 is 5.97 Å². The molecule has 1 heterocycles. The average Bonchev–Trinajstić information content (AvgIpc) is 2.78. The fourth-order valence-corrected chi connectivity index (χ4v) is 4.01. The van der Waals surface area contributed by atoms with Gasteiger partial charge in [0.25, 0.3) is 0 Å². The Morgan fingerprint density at radius 1 is 1.18 bits per heavy atom. The lowest BCUT2D eigenvalue weighted by Gasteiger charge is -2.35. The Labute approximate surface area is 204 Å². The molecule has 0 aromatic heterocycles. The predicted octanol–water partition coefficient (Wildman–Crippen LogP) is 5.71. The molecule has 2 rings (SSSR count). The number of hydrogen-bond donors (Lipinski definition) is 2. The van der Waals surface area contributed by atoms with Crippen LogP contribution in [-0.4, -0.2) is 35.5 Å². The van der Waals surface area contributed by atoms with Crippen LogP contribution in [-0.2, 0) is 14.3 Å². The first-order chi connectivity index (χ1) is 15.7. The predicted molar refractivity (Wildman–Crippen MR) is 138 cm³/mol. The minimum absolute atomic E-state index is 0.0118. The van der Waals surface area contributed by atoms with Crippen molar-refractivity contribution in [3.8, 4) is 0 Å². The third-order valence-corrected chi connectivity index (χ3v) is 6.17. The topological polar surface area (TPSA) is 70.7 Å². The van der Waals surface area contributed by atoms with E-state index in [0.29, 0.717) is 29.4 Å². The summed E-state index contributed by atoms with van der Waals surface area (Å²) in [5.74, 6) is -0.0998. The molecule has 0 bridgehead atoms. The first kappa shape index (κ1) is 26.8. The van der Waals surface area contributed by atoms with E-state index < -0.39 is 6.04 Å². The number of benzene rings is 1. The molecule has 6 nitrogen and oxygen atoms in total. The van der Waals surface area contributed by atoms with Crippen LogP contribution < -0.4 is 10.6 Å². The Balaban J connectivity index is 2.11. The van der Waals surface area contributed by atoms with E-state index in [-0.39, 0.29) is 17.8 Å². The van der Waals surface area contributed by atoms with Crippen molar-refractivity contribution >= 4 is 34.9 Å². The molecule has 1 aromatic rings. The van der Waals surface area contributed by atoms with E-state index in [1.165, 1.54) is 25.7 Å². The maximum absolute atomic E-state index is 13.0. The van der Waals surface area contributed by atoms with Crippen molar-refractivity contribution in [3.05, 3.63) is 41.1 Å². The molecule has 0 spiro atoms. The molecule has 1 atom stereocenters. The number of ether oxygens (including phenoxy) is 1. The van der Waals surface area contributed by atoms with Crippen LogP contribution in [0.3, 0.4) is 0 Å². The van der Waals surface area contributed by atoms with Crippen molar-refractivity contribution in [2.24, 2.45) is 5.92 Å². The van der Waals surface area contributed by atoms with Gasteiger partial charge in [0.2, 0.25) is 5.91 Å². The molecular weight excluding hydrogens is 434 g/mol. The second kappa shape index (κ2) is 13.3. The van der Waals surface area contributed by atoms with E-state index in [4.69, 9.17) is 17.0 Å². The Morgan fingerprint density at radius 2 is 1.88 bits per heavy atom. The van der Waals surface area contributed by atoms with E-state index in [1.54, 1.807) is 4.90 Å². The Morgan fingerprint density at radius 3 is 2.58 bits per heavy atom. The number of allylic oxidation sites excluding steroid dienone is 1. The fraction of sp³-hybridized carbons (Fsp3) is 0.577. The third-order valence-electron chi connectivity index (χ3n) is 5.78. The van der Waals surface area contributed by atoms with Crippen LogP contribution in [0, 0.1) is 5.92 Å². The number of hydrogen-bond acceptors (Lipinski definition) is 4. The van der Waals surface area contributed by atoms with Crippen LogP contribution in [0.15, 0.2) is 35.5 Å².